The molecule has 0 aliphatic carbocycles. The molecule has 0 saturated carbocycles. The van der Waals surface area contributed by atoms with Crippen molar-refractivity contribution in [3.63, 3.8) is 0 Å². The first-order valence-electron chi connectivity index (χ1n) is 5.17. The third-order valence-corrected chi connectivity index (χ3v) is 2.94. The van der Waals surface area contributed by atoms with E-state index in [1.165, 1.54) is 0 Å². The van der Waals surface area contributed by atoms with Crippen LogP contribution in [0.15, 0.2) is 12.3 Å². The van der Waals surface area contributed by atoms with E-state index < -0.39 is 18.3 Å². The van der Waals surface area contributed by atoms with E-state index in [4.69, 9.17) is 14.6 Å². The van der Waals surface area contributed by atoms with E-state index in [1.807, 2.05) is 11.1 Å². The summed E-state index contributed by atoms with van der Waals surface area (Å²) in [5, 5.41) is 18.9. The van der Waals surface area contributed by atoms with Crippen LogP contribution < -0.4 is 0 Å². The van der Waals surface area contributed by atoms with Crippen LogP contribution in [0.1, 0.15) is 6.42 Å². The Morgan fingerprint density at radius 3 is 2.93 bits per heavy atom. The van der Waals surface area contributed by atoms with Crippen LogP contribution in [0.25, 0.3) is 0 Å². The zero-order chi connectivity index (χ0) is 10.8. The Morgan fingerprint density at radius 2 is 2.40 bits per heavy atom. The van der Waals surface area contributed by atoms with Gasteiger partial charge in [0.2, 0.25) is 0 Å². The molecule has 1 fully saturated rings. The summed E-state index contributed by atoms with van der Waals surface area (Å²) in [6, 6.07) is 0. The number of hydrogen-bond donors (Lipinski definition) is 2. The number of nitrogens with zero attached hydrogens (tertiary/aromatic N) is 1. The van der Waals surface area contributed by atoms with Crippen LogP contribution in [0, 0.1) is 0 Å². The maximum absolute atomic E-state index is 9.82. The summed E-state index contributed by atoms with van der Waals surface area (Å²) < 4.78 is 10.8. The summed E-state index contributed by atoms with van der Waals surface area (Å²) in [5.74, 6) is 0. The minimum atomic E-state index is -0.765. The lowest BCUT2D eigenvalue weighted by Crippen LogP contribution is -2.42. The minimum Gasteiger partial charge on any atom is -0.394 e. The third-order valence-electron chi connectivity index (χ3n) is 2.94. The van der Waals surface area contributed by atoms with Gasteiger partial charge in [-0.3, -0.25) is 0 Å². The normalized spacial score (nSPS) is 40.3. The van der Waals surface area contributed by atoms with Gasteiger partial charge in [0, 0.05) is 13.7 Å². The van der Waals surface area contributed by atoms with Gasteiger partial charge < -0.3 is 24.6 Å². The molecule has 0 bridgehead atoms. The second-order valence-electron chi connectivity index (χ2n) is 3.85. The Hall–Kier alpha value is -0.620. The Labute approximate surface area is 88.9 Å². The quantitative estimate of drug-likeness (QED) is 0.652. The molecule has 2 N–H and O–H groups in total. The van der Waals surface area contributed by atoms with Crippen molar-refractivity contribution < 1.29 is 19.7 Å². The van der Waals surface area contributed by atoms with Gasteiger partial charge in [-0.25, -0.2) is 0 Å². The molecule has 0 amide bonds. The van der Waals surface area contributed by atoms with Crippen LogP contribution in [0.2, 0.25) is 0 Å². The summed E-state index contributed by atoms with van der Waals surface area (Å²) in [6.45, 7) is 0.685. The van der Waals surface area contributed by atoms with Crippen molar-refractivity contribution in [2.75, 3.05) is 20.3 Å². The molecule has 15 heavy (non-hydrogen) atoms. The molecule has 5 heteroatoms. The van der Waals surface area contributed by atoms with Crippen LogP contribution in [-0.4, -0.2) is 59.9 Å². The van der Waals surface area contributed by atoms with E-state index in [2.05, 4.69) is 6.08 Å². The zero-order valence-electron chi connectivity index (χ0n) is 8.74. The van der Waals surface area contributed by atoms with Gasteiger partial charge in [0.15, 0.2) is 6.23 Å². The first-order valence-corrected chi connectivity index (χ1v) is 5.17. The van der Waals surface area contributed by atoms with Crippen LogP contribution in [0.4, 0.5) is 0 Å². The molecule has 2 heterocycles. The monoisotopic (exact) mass is 215 g/mol. The average molecular weight is 215 g/mol. The van der Waals surface area contributed by atoms with Gasteiger partial charge in [0.05, 0.1) is 6.61 Å². The van der Waals surface area contributed by atoms with E-state index in [0.717, 1.165) is 13.0 Å². The maximum Gasteiger partial charge on any atom is 0.159 e. The van der Waals surface area contributed by atoms with Crippen molar-refractivity contribution in [1.29, 1.82) is 0 Å². The Morgan fingerprint density at radius 1 is 1.60 bits per heavy atom. The van der Waals surface area contributed by atoms with Gasteiger partial charge in [0.25, 0.3) is 0 Å². The largest absolute Gasteiger partial charge is 0.394 e. The van der Waals surface area contributed by atoms with Gasteiger partial charge in [-0.1, -0.05) is 6.08 Å². The SMILES string of the molecule is COC1C(O)[C@@H](CO)O[C@H]1N1C=CCC1. The lowest BCUT2D eigenvalue weighted by atomic mass is 10.1. The van der Waals surface area contributed by atoms with E-state index in [0.29, 0.717) is 0 Å². The van der Waals surface area contributed by atoms with Gasteiger partial charge in [-0.05, 0) is 12.6 Å². The molecule has 4 atom stereocenters. The van der Waals surface area contributed by atoms with Crippen molar-refractivity contribution in [3.05, 3.63) is 12.3 Å². The fraction of sp³-hybridized carbons (Fsp3) is 0.800. The van der Waals surface area contributed by atoms with E-state index >= 15 is 0 Å². The van der Waals surface area contributed by atoms with Crippen molar-refractivity contribution in [2.24, 2.45) is 0 Å². The first kappa shape index (κ1) is 10.9. The predicted molar refractivity (Wildman–Crippen MR) is 53.0 cm³/mol. The maximum atomic E-state index is 9.82. The summed E-state index contributed by atoms with van der Waals surface area (Å²) in [5.41, 5.74) is 0. The number of aliphatic hydroxyl groups excluding tert-OH is 2. The zero-order valence-corrected chi connectivity index (χ0v) is 8.74. The number of ether oxygens (including phenoxy) is 2. The van der Waals surface area contributed by atoms with E-state index in [9.17, 15) is 5.11 Å². The van der Waals surface area contributed by atoms with Gasteiger partial charge >= 0.3 is 0 Å². The molecule has 0 aromatic rings. The van der Waals surface area contributed by atoms with Gasteiger partial charge in [0.1, 0.15) is 18.3 Å². The van der Waals surface area contributed by atoms with Crippen molar-refractivity contribution in [2.45, 2.75) is 31.0 Å². The molecular weight excluding hydrogens is 198 g/mol. The van der Waals surface area contributed by atoms with Crippen molar-refractivity contribution in [1.82, 2.24) is 4.90 Å². The predicted octanol–water partition coefficient (Wildman–Crippen LogP) is -0.701. The van der Waals surface area contributed by atoms with Crippen LogP contribution >= 0.6 is 0 Å². The Balaban J connectivity index is 2.07. The summed E-state index contributed by atoms with van der Waals surface area (Å²) in [4.78, 5) is 1.99. The van der Waals surface area contributed by atoms with Crippen LogP contribution in [0.5, 0.6) is 0 Å². The molecule has 0 spiro atoms. The van der Waals surface area contributed by atoms with Crippen molar-refractivity contribution in [3.8, 4) is 0 Å². The summed E-state index contributed by atoms with van der Waals surface area (Å²) in [6.07, 6.45) is 2.98. The molecule has 86 valence electrons. The third kappa shape index (κ3) is 1.88. The number of aliphatic hydroxyl groups is 2. The lowest BCUT2D eigenvalue weighted by molar-refractivity contribution is -0.0844. The highest BCUT2D eigenvalue weighted by Gasteiger charge is 2.46. The highest BCUT2D eigenvalue weighted by Crippen LogP contribution is 2.27. The summed E-state index contributed by atoms with van der Waals surface area (Å²) in [7, 11) is 1.55. The number of methoxy groups -OCH3 is 1. The molecule has 0 aromatic carbocycles. The number of rotatable bonds is 3. The molecule has 2 rings (SSSR count). The molecule has 0 aromatic heterocycles. The lowest BCUT2D eigenvalue weighted by Gasteiger charge is -2.27. The first-order chi connectivity index (χ1) is 7.27. The minimum absolute atomic E-state index is 0.185. The van der Waals surface area contributed by atoms with Crippen molar-refractivity contribution >= 4 is 0 Å². The smallest absolute Gasteiger partial charge is 0.159 e. The molecular formula is C10H17NO4. The highest BCUT2D eigenvalue weighted by molar-refractivity contribution is 4.99. The van der Waals surface area contributed by atoms with Gasteiger partial charge in [-0.15, -0.1) is 0 Å². The highest BCUT2D eigenvalue weighted by atomic mass is 16.6. The second kappa shape index (κ2) is 4.49. The van der Waals surface area contributed by atoms with Crippen LogP contribution in [0.3, 0.4) is 0 Å². The van der Waals surface area contributed by atoms with Gasteiger partial charge in [-0.2, -0.15) is 0 Å². The fourth-order valence-electron chi connectivity index (χ4n) is 2.11. The molecule has 5 nitrogen and oxygen atoms in total. The van der Waals surface area contributed by atoms with E-state index in [-0.39, 0.29) is 12.8 Å². The Bertz CT molecular complexity index is 246. The Kier molecular flexibility index (Phi) is 3.25. The molecule has 2 unspecified atom stereocenters. The topological polar surface area (TPSA) is 62.2 Å². The molecule has 2 aliphatic heterocycles. The number of hydrogen-bond acceptors (Lipinski definition) is 5. The van der Waals surface area contributed by atoms with Crippen LogP contribution in [-0.2, 0) is 9.47 Å². The second-order valence-corrected chi connectivity index (χ2v) is 3.85. The molecule has 1 saturated heterocycles. The summed E-state index contributed by atoms with van der Waals surface area (Å²) >= 11 is 0. The molecule has 0 radical (unpaired) electrons. The molecule has 2 aliphatic rings. The van der Waals surface area contributed by atoms with E-state index in [1.54, 1.807) is 7.11 Å². The average Bonchev–Trinajstić information content (AvgIpc) is 2.84. The standard InChI is InChI=1S/C10H17NO4/c1-14-9-8(13)7(6-12)15-10(9)11-4-2-3-5-11/h2,4,7-10,12-13H,3,5-6H2,1H3/t7-,8?,9?,10-/m1/s1. The fourth-order valence-corrected chi connectivity index (χ4v) is 2.11.